The average molecular weight is 272 g/mol. The van der Waals surface area contributed by atoms with Crippen LogP contribution in [-0.2, 0) is 0 Å². The Hall–Kier alpha value is 0.310. The van der Waals surface area contributed by atoms with Crippen LogP contribution in [0.1, 0.15) is 78.1 Å². The van der Waals surface area contributed by atoms with E-state index in [-0.39, 0.29) is 0 Å². The number of unbranched alkanes of at least 4 members (excludes halogenated alkanes) is 4. The van der Waals surface area contributed by atoms with Gasteiger partial charge in [0, 0.05) is 17.0 Å². The summed E-state index contributed by atoms with van der Waals surface area (Å²) in [6, 6.07) is 0.766. The third-order valence-corrected chi connectivity index (χ3v) is 5.52. The summed E-state index contributed by atoms with van der Waals surface area (Å²) in [7, 11) is 0. The molecule has 0 aromatic heterocycles. The van der Waals surface area contributed by atoms with Gasteiger partial charge in [0.05, 0.1) is 0 Å². The van der Waals surface area contributed by atoms with Gasteiger partial charge in [0.25, 0.3) is 0 Å². The van der Waals surface area contributed by atoms with Crippen LogP contribution in [0.4, 0.5) is 0 Å². The second-order valence-electron chi connectivity index (χ2n) is 5.70. The summed E-state index contributed by atoms with van der Waals surface area (Å²) in [6.07, 6.45) is 14.3. The van der Waals surface area contributed by atoms with Crippen LogP contribution in [0.3, 0.4) is 0 Å². The summed E-state index contributed by atoms with van der Waals surface area (Å²) < 4.78 is 0. The minimum atomic E-state index is 0.766. The Morgan fingerprint density at radius 1 is 1.06 bits per heavy atom. The Morgan fingerprint density at radius 3 is 2.44 bits per heavy atom. The summed E-state index contributed by atoms with van der Waals surface area (Å²) >= 11 is 2.24. The largest absolute Gasteiger partial charge is 0.313 e. The molecule has 1 saturated carbocycles. The lowest BCUT2D eigenvalue weighted by Crippen LogP contribution is -2.31. The zero-order valence-electron chi connectivity index (χ0n) is 12.5. The molecule has 0 aromatic rings. The Labute approximate surface area is 119 Å². The predicted molar refractivity (Wildman–Crippen MR) is 85.6 cm³/mol. The lowest BCUT2D eigenvalue weighted by atomic mass is 10.1. The molecule has 1 N–H and O–H groups in total. The number of nitrogens with one attached hydrogen (secondary N) is 1. The number of hydrogen-bond acceptors (Lipinski definition) is 2. The van der Waals surface area contributed by atoms with Crippen LogP contribution in [-0.4, -0.2) is 23.6 Å². The summed E-state index contributed by atoms with van der Waals surface area (Å²) in [5, 5.41) is 4.65. The van der Waals surface area contributed by atoms with E-state index in [9.17, 15) is 0 Å². The summed E-state index contributed by atoms with van der Waals surface area (Å²) in [4.78, 5) is 0. The Bertz CT molecular complexity index is 178. The van der Waals surface area contributed by atoms with Crippen molar-refractivity contribution in [2.45, 2.75) is 89.3 Å². The fourth-order valence-corrected chi connectivity index (χ4v) is 4.29. The third kappa shape index (κ3) is 7.68. The first kappa shape index (κ1) is 16.4. The molecule has 1 atom stereocenters. The lowest BCUT2D eigenvalue weighted by molar-refractivity contribution is 0.496. The van der Waals surface area contributed by atoms with Gasteiger partial charge in [-0.15, -0.1) is 0 Å². The first-order valence-corrected chi connectivity index (χ1v) is 9.26. The topological polar surface area (TPSA) is 12.0 Å². The molecular weight excluding hydrogens is 238 g/mol. The van der Waals surface area contributed by atoms with Gasteiger partial charge in [-0.25, -0.2) is 0 Å². The van der Waals surface area contributed by atoms with E-state index in [1.807, 2.05) is 0 Å². The predicted octanol–water partition coefficient (Wildman–Crippen LogP) is 5.00. The van der Waals surface area contributed by atoms with Crippen molar-refractivity contribution in [1.29, 1.82) is 0 Å². The lowest BCUT2D eigenvalue weighted by Gasteiger charge is -2.19. The fraction of sp³-hybridized carbons (Fsp3) is 1.00. The van der Waals surface area contributed by atoms with Gasteiger partial charge in [-0.1, -0.05) is 58.8 Å². The van der Waals surface area contributed by atoms with Crippen molar-refractivity contribution in [3.8, 4) is 0 Å². The van der Waals surface area contributed by atoms with E-state index in [0.717, 1.165) is 17.8 Å². The molecular formula is C16H33NS. The van der Waals surface area contributed by atoms with E-state index in [1.165, 1.54) is 70.0 Å². The van der Waals surface area contributed by atoms with Gasteiger partial charge in [0.15, 0.2) is 0 Å². The molecule has 1 aliphatic rings. The van der Waals surface area contributed by atoms with Gasteiger partial charge in [0.2, 0.25) is 0 Å². The van der Waals surface area contributed by atoms with Crippen molar-refractivity contribution in [2.24, 2.45) is 0 Å². The van der Waals surface area contributed by atoms with Crippen LogP contribution in [0.2, 0.25) is 0 Å². The van der Waals surface area contributed by atoms with Crippen molar-refractivity contribution in [3.63, 3.8) is 0 Å². The van der Waals surface area contributed by atoms with E-state index < -0.39 is 0 Å². The molecule has 2 heteroatoms. The maximum atomic E-state index is 3.68. The zero-order valence-corrected chi connectivity index (χ0v) is 13.4. The van der Waals surface area contributed by atoms with Gasteiger partial charge in [-0.2, -0.15) is 11.8 Å². The summed E-state index contributed by atoms with van der Waals surface area (Å²) in [6.45, 7) is 5.66. The third-order valence-electron chi connectivity index (χ3n) is 3.98. The minimum Gasteiger partial charge on any atom is -0.313 e. The van der Waals surface area contributed by atoms with Crippen LogP contribution < -0.4 is 5.32 Å². The molecule has 18 heavy (non-hydrogen) atoms. The molecule has 0 aromatic carbocycles. The standard InChI is InChI=1S/C16H33NS/c1-3-5-6-7-8-11-15(17-4-2)14-18-16-12-9-10-13-16/h15-17H,3-14H2,1-2H3. The Morgan fingerprint density at radius 2 is 1.78 bits per heavy atom. The highest BCUT2D eigenvalue weighted by Crippen LogP contribution is 2.30. The number of hydrogen-bond donors (Lipinski definition) is 1. The van der Waals surface area contributed by atoms with Crippen LogP contribution in [0.25, 0.3) is 0 Å². The second kappa shape index (κ2) is 11.2. The monoisotopic (exact) mass is 271 g/mol. The Balaban J connectivity index is 2.05. The van der Waals surface area contributed by atoms with Gasteiger partial charge in [-0.05, 0) is 25.8 Å². The summed E-state index contributed by atoms with van der Waals surface area (Å²) in [5.41, 5.74) is 0. The Kier molecular flexibility index (Phi) is 10.1. The molecule has 0 radical (unpaired) electrons. The van der Waals surface area contributed by atoms with Gasteiger partial charge < -0.3 is 5.32 Å². The highest BCUT2D eigenvalue weighted by molar-refractivity contribution is 7.99. The summed E-state index contributed by atoms with van der Waals surface area (Å²) in [5.74, 6) is 1.34. The molecule has 0 heterocycles. The molecule has 0 bridgehead atoms. The second-order valence-corrected chi connectivity index (χ2v) is 7.03. The van der Waals surface area contributed by atoms with Crippen LogP contribution >= 0.6 is 11.8 Å². The maximum absolute atomic E-state index is 3.68. The fourth-order valence-electron chi connectivity index (χ4n) is 2.83. The highest BCUT2D eigenvalue weighted by atomic mass is 32.2. The normalized spacial score (nSPS) is 18.3. The van der Waals surface area contributed by atoms with Gasteiger partial charge in [-0.3, -0.25) is 0 Å². The van der Waals surface area contributed by atoms with Crippen LogP contribution in [0.5, 0.6) is 0 Å². The molecule has 1 rings (SSSR count). The molecule has 0 aliphatic heterocycles. The van der Waals surface area contributed by atoms with Crippen molar-refractivity contribution in [3.05, 3.63) is 0 Å². The molecule has 108 valence electrons. The van der Waals surface area contributed by atoms with Crippen LogP contribution in [0.15, 0.2) is 0 Å². The van der Waals surface area contributed by atoms with Gasteiger partial charge in [0.1, 0.15) is 0 Å². The minimum absolute atomic E-state index is 0.766. The first-order chi connectivity index (χ1) is 8.86. The molecule has 0 amide bonds. The zero-order chi connectivity index (χ0) is 13.1. The quantitative estimate of drug-likeness (QED) is 0.531. The molecule has 1 fully saturated rings. The van der Waals surface area contributed by atoms with Crippen molar-refractivity contribution in [2.75, 3.05) is 12.3 Å². The SMILES string of the molecule is CCCCCCCC(CSC1CCCC1)NCC. The molecule has 0 spiro atoms. The van der Waals surface area contributed by atoms with Crippen molar-refractivity contribution >= 4 is 11.8 Å². The smallest absolute Gasteiger partial charge is 0.0158 e. The van der Waals surface area contributed by atoms with E-state index in [0.29, 0.717) is 0 Å². The van der Waals surface area contributed by atoms with E-state index in [4.69, 9.17) is 0 Å². The molecule has 1 nitrogen and oxygen atoms in total. The van der Waals surface area contributed by atoms with E-state index >= 15 is 0 Å². The van der Waals surface area contributed by atoms with Crippen LogP contribution in [0, 0.1) is 0 Å². The van der Waals surface area contributed by atoms with Gasteiger partial charge >= 0.3 is 0 Å². The van der Waals surface area contributed by atoms with Crippen molar-refractivity contribution < 1.29 is 0 Å². The van der Waals surface area contributed by atoms with Crippen molar-refractivity contribution in [1.82, 2.24) is 5.32 Å². The molecule has 0 saturated heterocycles. The first-order valence-electron chi connectivity index (χ1n) is 8.21. The molecule has 1 aliphatic carbocycles. The average Bonchev–Trinajstić information content (AvgIpc) is 2.88. The molecule has 1 unspecified atom stereocenters. The maximum Gasteiger partial charge on any atom is 0.0158 e. The van der Waals surface area contributed by atoms with E-state index in [1.54, 1.807) is 0 Å². The highest BCUT2D eigenvalue weighted by Gasteiger charge is 2.17. The van der Waals surface area contributed by atoms with E-state index in [2.05, 4.69) is 30.9 Å². The number of thioether (sulfide) groups is 1. The number of rotatable bonds is 11.